The molecule has 0 unspecified atom stereocenters. The predicted octanol–water partition coefficient (Wildman–Crippen LogP) is 2.37. The minimum absolute atomic E-state index is 0.0568. The van der Waals surface area contributed by atoms with Gasteiger partial charge < -0.3 is 0 Å². The van der Waals surface area contributed by atoms with E-state index in [0.29, 0.717) is 0 Å². The molecule has 0 saturated carbocycles. The second-order valence-corrected chi connectivity index (χ2v) is 8.22. The van der Waals surface area contributed by atoms with E-state index in [1.165, 1.54) is 12.1 Å². The summed E-state index contributed by atoms with van der Waals surface area (Å²) in [5.74, 6) is -0.438. The van der Waals surface area contributed by atoms with Crippen LogP contribution in [0.5, 0.6) is 0 Å². The van der Waals surface area contributed by atoms with Gasteiger partial charge in [-0.25, -0.2) is 17.5 Å². The molecule has 0 radical (unpaired) electrons. The molecular formula is C15H23FN2O2S. The van der Waals surface area contributed by atoms with E-state index < -0.39 is 15.8 Å². The Morgan fingerprint density at radius 1 is 1.14 bits per heavy atom. The molecule has 0 aliphatic carbocycles. The van der Waals surface area contributed by atoms with E-state index in [-0.39, 0.29) is 16.5 Å². The number of benzene rings is 1. The van der Waals surface area contributed by atoms with E-state index in [1.807, 2.05) is 0 Å². The molecule has 1 N–H and O–H groups in total. The number of sulfonamides is 1. The minimum Gasteiger partial charge on any atom is -0.298 e. The lowest BCUT2D eigenvalue weighted by molar-refractivity contribution is 0.100. The van der Waals surface area contributed by atoms with Crippen molar-refractivity contribution in [3.8, 4) is 0 Å². The first-order chi connectivity index (χ1) is 9.68. The second-order valence-electron chi connectivity index (χ2n) is 6.51. The zero-order chi connectivity index (χ0) is 15.7. The first-order valence-electron chi connectivity index (χ1n) is 7.21. The molecule has 1 aliphatic rings. The minimum atomic E-state index is -3.56. The maximum absolute atomic E-state index is 12.9. The van der Waals surface area contributed by atoms with Crippen molar-refractivity contribution in [2.45, 2.75) is 50.1 Å². The van der Waals surface area contributed by atoms with Crippen LogP contribution in [0.3, 0.4) is 0 Å². The number of hydrogen-bond acceptors (Lipinski definition) is 3. The highest BCUT2D eigenvalue weighted by Crippen LogP contribution is 2.21. The fourth-order valence-electron chi connectivity index (χ4n) is 2.57. The molecular weight excluding hydrogens is 291 g/mol. The largest absolute Gasteiger partial charge is 0.298 e. The molecule has 21 heavy (non-hydrogen) atoms. The van der Waals surface area contributed by atoms with Gasteiger partial charge in [0.1, 0.15) is 5.82 Å². The van der Waals surface area contributed by atoms with Gasteiger partial charge in [0.15, 0.2) is 0 Å². The van der Waals surface area contributed by atoms with Crippen molar-refractivity contribution in [3.05, 3.63) is 30.1 Å². The third-order valence-corrected chi connectivity index (χ3v) is 5.43. The Labute approximate surface area is 126 Å². The highest BCUT2D eigenvalue weighted by molar-refractivity contribution is 7.89. The lowest BCUT2D eigenvalue weighted by Gasteiger charge is -2.40. The third kappa shape index (κ3) is 4.25. The van der Waals surface area contributed by atoms with Gasteiger partial charge in [-0.2, -0.15) is 0 Å². The zero-order valence-corrected chi connectivity index (χ0v) is 13.6. The van der Waals surface area contributed by atoms with E-state index in [9.17, 15) is 12.8 Å². The fraction of sp³-hybridized carbons (Fsp3) is 0.600. The summed E-state index contributed by atoms with van der Waals surface area (Å²) in [6.07, 6.45) is 1.58. The van der Waals surface area contributed by atoms with Crippen molar-refractivity contribution < 1.29 is 12.8 Å². The number of likely N-dealkylation sites (tertiary alicyclic amines) is 1. The molecule has 1 fully saturated rings. The molecule has 4 nitrogen and oxygen atoms in total. The molecule has 1 saturated heterocycles. The maximum Gasteiger partial charge on any atom is 0.240 e. The van der Waals surface area contributed by atoms with Gasteiger partial charge in [0.05, 0.1) is 4.90 Å². The van der Waals surface area contributed by atoms with Crippen molar-refractivity contribution in [2.75, 3.05) is 13.1 Å². The van der Waals surface area contributed by atoms with Gasteiger partial charge in [0.2, 0.25) is 10.0 Å². The second kappa shape index (κ2) is 6.02. The Balaban J connectivity index is 1.98. The molecule has 118 valence electrons. The maximum atomic E-state index is 12.9. The van der Waals surface area contributed by atoms with Crippen LogP contribution in [0.15, 0.2) is 29.2 Å². The number of piperidine rings is 1. The van der Waals surface area contributed by atoms with Crippen molar-refractivity contribution in [1.82, 2.24) is 9.62 Å². The average molecular weight is 314 g/mol. The molecule has 0 spiro atoms. The predicted molar refractivity (Wildman–Crippen MR) is 81.1 cm³/mol. The van der Waals surface area contributed by atoms with Crippen LogP contribution >= 0.6 is 0 Å². The summed E-state index contributed by atoms with van der Waals surface area (Å²) in [5, 5.41) is 0. The Hall–Kier alpha value is -0.980. The molecule has 2 rings (SSSR count). The van der Waals surface area contributed by atoms with Crippen LogP contribution in [0.4, 0.5) is 4.39 Å². The Morgan fingerprint density at radius 2 is 1.67 bits per heavy atom. The van der Waals surface area contributed by atoms with Crippen LogP contribution in [0.2, 0.25) is 0 Å². The van der Waals surface area contributed by atoms with Crippen LogP contribution < -0.4 is 4.72 Å². The lowest BCUT2D eigenvalue weighted by atomic mass is 9.99. The molecule has 0 atom stereocenters. The summed E-state index contributed by atoms with van der Waals surface area (Å²) in [6.45, 7) is 8.24. The fourth-order valence-corrected chi connectivity index (χ4v) is 3.87. The van der Waals surface area contributed by atoms with Gasteiger partial charge in [-0.05, 0) is 57.9 Å². The molecule has 1 aromatic rings. The number of hydrogen-bond donors (Lipinski definition) is 1. The third-order valence-electron chi connectivity index (χ3n) is 3.89. The van der Waals surface area contributed by atoms with Crippen LogP contribution in [0.1, 0.15) is 33.6 Å². The topological polar surface area (TPSA) is 49.4 Å². The van der Waals surface area contributed by atoms with Gasteiger partial charge >= 0.3 is 0 Å². The van der Waals surface area contributed by atoms with Gasteiger partial charge in [-0.3, -0.25) is 4.90 Å². The highest BCUT2D eigenvalue weighted by Gasteiger charge is 2.29. The summed E-state index contributed by atoms with van der Waals surface area (Å²) in [7, 11) is -3.56. The molecule has 0 bridgehead atoms. The van der Waals surface area contributed by atoms with Crippen molar-refractivity contribution in [1.29, 1.82) is 0 Å². The summed E-state index contributed by atoms with van der Waals surface area (Å²) in [4.78, 5) is 2.47. The molecule has 6 heteroatoms. The Kier molecular flexibility index (Phi) is 4.70. The van der Waals surface area contributed by atoms with Crippen molar-refractivity contribution in [3.63, 3.8) is 0 Å². The van der Waals surface area contributed by atoms with E-state index in [1.54, 1.807) is 0 Å². The summed E-state index contributed by atoms with van der Waals surface area (Å²) in [5.41, 5.74) is 0.112. The molecule has 0 amide bonds. The number of nitrogens with zero attached hydrogens (tertiary/aromatic N) is 1. The molecule has 1 aromatic carbocycles. The van der Waals surface area contributed by atoms with Crippen LogP contribution in [-0.4, -0.2) is 38.0 Å². The number of halogens is 1. The van der Waals surface area contributed by atoms with Gasteiger partial charge in [-0.1, -0.05) is 0 Å². The number of rotatable bonds is 3. The van der Waals surface area contributed by atoms with Crippen LogP contribution in [-0.2, 0) is 10.0 Å². The summed E-state index contributed by atoms with van der Waals surface area (Å²) in [6, 6.07) is 4.86. The smallest absolute Gasteiger partial charge is 0.240 e. The van der Waals surface area contributed by atoms with E-state index in [0.717, 1.165) is 38.1 Å². The van der Waals surface area contributed by atoms with E-state index >= 15 is 0 Å². The summed E-state index contributed by atoms with van der Waals surface area (Å²) < 4.78 is 40.1. The lowest BCUT2D eigenvalue weighted by Crippen LogP contribution is -2.50. The van der Waals surface area contributed by atoms with Gasteiger partial charge in [0.25, 0.3) is 0 Å². The normalized spacial score (nSPS) is 18.9. The van der Waals surface area contributed by atoms with Crippen molar-refractivity contribution >= 4 is 10.0 Å². The van der Waals surface area contributed by atoms with Crippen molar-refractivity contribution in [2.24, 2.45) is 0 Å². The quantitative estimate of drug-likeness (QED) is 0.932. The zero-order valence-electron chi connectivity index (χ0n) is 12.8. The number of nitrogens with one attached hydrogen (secondary N) is 1. The van der Waals surface area contributed by atoms with E-state index in [4.69, 9.17) is 0 Å². The average Bonchev–Trinajstić information content (AvgIpc) is 2.38. The molecule has 0 aromatic heterocycles. The Bertz CT molecular complexity index is 571. The van der Waals surface area contributed by atoms with Crippen LogP contribution in [0, 0.1) is 5.82 Å². The monoisotopic (exact) mass is 314 g/mol. The Morgan fingerprint density at radius 3 is 2.14 bits per heavy atom. The molecule has 1 heterocycles. The SMILES string of the molecule is CC(C)(C)N1CCC(NS(=O)(=O)c2ccc(F)cc2)CC1. The standard InChI is InChI=1S/C15H23FN2O2S/c1-15(2,3)18-10-8-13(9-11-18)17-21(19,20)14-6-4-12(16)5-7-14/h4-7,13,17H,8-11H2,1-3H3. The van der Waals surface area contributed by atoms with E-state index in [2.05, 4.69) is 30.4 Å². The summed E-state index contributed by atoms with van der Waals surface area (Å²) >= 11 is 0. The first-order valence-corrected chi connectivity index (χ1v) is 8.70. The first kappa shape index (κ1) is 16.4. The molecule has 1 aliphatic heterocycles. The van der Waals surface area contributed by atoms with Gasteiger partial charge in [0, 0.05) is 24.7 Å². The van der Waals surface area contributed by atoms with Gasteiger partial charge in [-0.15, -0.1) is 0 Å². The highest BCUT2D eigenvalue weighted by atomic mass is 32.2. The van der Waals surface area contributed by atoms with Crippen LogP contribution in [0.25, 0.3) is 0 Å².